The van der Waals surface area contributed by atoms with Crippen LogP contribution in [0.5, 0.6) is 11.5 Å². The largest absolute Gasteiger partial charge is 0.497 e. The predicted molar refractivity (Wildman–Crippen MR) is 173 cm³/mol. The molecule has 0 unspecified atom stereocenters. The van der Waals surface area contributed by atoms with Gasteiger partial charge in [-0.15, -0.1) is 0 Å². The highest BCUT2D eigenvalue weighted by Gasteiger charge is 2.37. The summed E-state index contributed by atoms with van der Waals surface area (Å²) in [4.78, 5) is 32.5. The highest BCUT2D eigenvalue weighted by atomic mass is 16.5. The van der Waals surface area contributed by atoms with Crippen molar-refractivity contribution in [1.29, 1.82) is 0 Å². The van der Waals surface area contributed by atoms with Gasteiger partial charge in [-0.1, -0.05) is 42.5 Å². The number of rotatable bonds is 8. The van der Waals surface area contributed by atoms with Gasteiger partial charge < -0.3 is 14.4 Å². The van der Waals surface area contributed by atoms with Gasteiger partial charge in [-0.2, -0.15) is 0 Å². The summed E-state index contributed by atoms with van der Waals surface area (Å²) in [6.45, 7) is 9.79. The van der Waals surface area contributed by atoms with Gasteiger partial charge in [0, 0.05) is 57.0 Å². The highest BCUT2D eigenvalue weighted by Crippen LogP contribution is 2.42. The number of aromatic nitrogens is 2. The monoisotopic (exact) mass is 592 g/mol. The van der Waals surface area contributed by atoms with E-state index in [0.29, 0.717) is 41.8 Å². The number of hydrogen-bond donors (Lipinski definition) is 0. The molecule has 3 aromatic carbocycles. The Bertz CT molecular complexity index is 1630. The molecule has 3 heterocycles. The minimum Gasteiger partial charge on any atom is -0.497 e. The topological polar surface area (TPSA) is 74.3 Å². The van der Waals surface area contributed by atoms with E-state index in [4.69, 9.17) is 19.4 Å². The van der Waals surface area contributed by atoms with Gasteiger partial charge in [0.2, 0.25) is 0 Å². The Morgan fingerprint density at radius 3 is 2.25 bits per heavy atom. The predicted octanol–water partition coefficient (Wildman–Crippen LogP) is 5.73. The number of aryl methyl sites for hydroxylation is 2. The number of carbonyl (C=O) groups is 1. The van der Waals surface area contributed by atoms with Crippen molar-refractivity contribution >= 4 is 23.2 Å². The van der Waals surface area contributed by atoms with E-state index in [9.17, 15) is 4.79 Å². The van der Waals surface area contributed by atoms with Gasteiger partial charge in [-0.3, -0.25) is 9.80 Å². The molecule has 1 saturated heterocycles. The molecule has 0 spiro atoms. The lowest BCUT2D eigenvalue weighted by molar-refractivity contribution is 0.148. The molecule has 44 heavy (non-hydrogen) atoms. The Morgan fingerprint density at radius 2 is 1.57 bits per heavy atom. The minimum absolute atomic E-state index is 0.198. The molecule has 2 aliphatic rings. The summed E-state index contributed by atoms with van der Waals surface area (Å²) in [7, 11) is 5.38. The van der Waals surface area contributed by atoms with Crippen molar-refractivity contribution in [1.82, 2.24) is 19.8 Å². The number of amides is 2. The van der Waals surface area contributed by atoms with Crippen LogP contribution in [-0.4, -0.2) is 73.2 Å². The third-order valence-corrected chi connectivity index (χ3v) is 8.58. The molecule has 9 heteroatoms. The van der Waals surface area contributed by atoms with Crippen molar-refractivity contribution in [2.24, 2.45) is 0 Å². The normalized spacial score (nSPS) is 15.8. The molecule has 0 saturated carbocycles. The van der Waals surface area contributed by atoms with E-state index in [0.717, 1.165) is 60.7 Å². The number of piperazine rings is 1. The number of hydrogen-bond acceptors (Lipinski definition) is 7. The maximum absolute atomic E-state index is 14.4. The molecule has 0 atom stereocenters. The quantitative estimate of drug-likeness (QED) is 0.259. The van der Waals surface area contributed by atoms with Crippen LogP contribution in [0, 0.1) is 13.8 Å². The molecule has 0 aliphatic carbocycles. The van der Waals surface area contributed by atoms with E-state index in [1.54, 1.807) is 30.1 Å². The Labute approximate surface area is 259 Å². The zero-order chi connectivity index (χ0) is 30.8. The van der Waals surface area contributed by atoms with Crippen LogP contribution in [-0.2, 0) is 19.5 Å². The number of ether oxygens (including phenoxy) is 2. The zero-order valence-corrected chi connectivity index (χ0v) is 26.2. The SMILES string of the molecule is COc1ccc(N2C(=O)N(c3c(C)cccc3C)Cc3cnc(Cc4ccc(CN5CCN(C)CC5)cc4)nc32)c(OC)c1. The van der Waals surface area contributed by atoms with Crippen molar-refractivity contribution < 1.29 is 14.3 Å². The molecule has 1 aromatic heterocycles. The third-order valence-electron chi connectivity index (χ3n) is 8.58. The summed E-state index contributed by atoms with van der Waals surface area (Å²) in [6.07, 6.45) is 2.42. The molecule has 2 aliphatic heterocycles. The van der Waals surface area contributed by atoms with Gasteiger partial charge in [0.1, 0.15) is 23.1 Å². The summed E-state index contributed by atoms with van der Waals surface area (Å²) in [6, 6.07) is 20.0. The number of urea groups is 1. The molecule has 4 aromatic rings. The summed E-state index contributed by atoms with van der Waals surface area (Å²) in [5.41, 5.74) is 6.82. The van der Waals surface area contributed by atoms with Crippen LogP contribution in [0.3, 0.4) is 0 Å². The number of methoxy groups -OCH3 is 2. The summed E-state index contributed by atoms with van der Waals surface area (Å²) >= 11 is 0. The fraction of sp³-hybridized carbons (Fsp3) is 0.343. The first kappa shape index (κ1) is 29.6. The van der Waals surface area contributed by atoms with E-state index in [1.807, 2.05) is 50.4 Å². The van der Waals surface area contributed by atoms with Crippen LogP contribution in [0.25, 0.3) is 0 Å². The second kappa shape index (κ2) is 12.6. The van der Waals surface area contributed by atoms with Crippen molar-refractivity contribution in [3.8, 4) is 11.5 Å². The van der Waals surface area contributed by atoms with Gasteiger partial charge in [0.05, 0.1) is 32.1 Å². The molecule has 0 bridgehead atoms. The molecule has 1 fully saturated rings. The molecule has 228 valence electrons. The van der Waals surface area contributed by atoms with Crippen LogP contribution in [0.4, 0.5) is 22.0 Å². The maximum atomic E-state index is 14.4. The lowest BCUT2D eigenvalue weighted by Gasteiger charge is -2.37. The average Bonchev–Trinajstić information content (AvgIpc) is 3.03. The van der Waals surface area contributed by atoms with Crippen LogP contribution in [0.2, 0.25) is 0 Å². The molecular formula is C35H40N6O3. The molecule has 0 radical (unpaired) electrons. The second-order valence-corrected chi connectivity index (χ2v) is 11.7. The number of anilines is 3. The number of para-hydroxylation sites is 1. The Kier molecular flexibility index (Phi) is 8.50. The molecule has 0 N–H and O–H groups in total. The summed E-state index contributed by atoms with van der Waals surface area (Å²) in [5.74, 6) is 2.38. The van der Waals surface area contributed by atoms with Gasteiger partial charge in [0.15, 0.2) is 0 Å². The van der Waals surface area contributed by atoms with Crippen molar-refractivity contribution in [2.45, 2.75) is 33.4 Å². The van der Waals surface area contributed by atoms with Gasteiger partial charge in [-0.05, 0) is 55.3 Å². The fourth-order valence-corrected chi connectivity index (χ4v) is 6.07. The fourth-order valence-electron chi connectivity index (χ4n) is 6.07. The summed E-state index contributed by atoms with van der Waals surface area (Å²) < 4.78 is 11.2. The number of carbonyl (C=O) groups excluding carboxylic acids is 1. The first-order valence-corrected chi connectivity index (χ1v) is 15.1. The van der Waals surface area contributed by atoms with Gasteiger partial charge in [-0.25, -0.2) is 19.7 Å². The number of likely N-dealkylation sites (N-methyl/N-ethyl adjacent to an activating group) is 1. The van der Waals surface area contributed by atoms with Gasteiger partial charge in [0.25, 0.3) is 0 Å². The number of benzene rings is 3. The van der Waals surface area contributed by atoms with Crippen molar-refractivity contribution in [3.63, 3.8) is 0 Å². The first-order chi connectivity index (χ1) is 21.3. The third kappa shape index (κ3) is 5.98. The van der Waals surface area contributed by atoms with Crippen LogP contribution >= 0.6 is 0 Å². The van der Waals surface area contributed by atoms with Crippen molar-refractivity contribution in [3.05, 3.63) is 101 Å². The molecule has 6 rings (SSSR count). The van der Waals surface area contributed by atoms with Crippen molar-refractivity contribution in [2.75, 3.05) is 57.2 Å². The molecular weight excluding hydrogens is 552 g/mol. The highest BCUT2D eigenvalue weighted by molar-refractivity contribution is 6.11. The lowest BCUT2D eigenvalue weighted by atomic mass is 10.1. The second-order valence-electron chi connectivity index (χ2n) is 11.7. The van der Waals surface area contributed by atoms with Crippen LogP contribution in [0.15, 0.2) is 66.9 Å². The molecule has 9 nitrogen and oxygen atoms in total. The standard InChI is InChI=1S/C35H40N6O3/c1-24-7-6-8-25(2)33(24)40-23-28-21-36-32(19-26-9-11-27(12-10-26)22-39-17-15-38(3)16-18-39)37-34(28)41(35(40)42)30-14-13-29(43-4)20-31(30)44-5/h6-14,20-21H,15-19,22-23H2,1-5H3. The first-order valence-electron chi connectivity index (χ1n) is 15.1. The van der Waals surface area contributed by atoms with Gasteiger partial charge >= 0.3 is 6.03 Å². The Morgan fingerprint density at radius 1 is 0.864 bits per heavy atom. The van der Waals surface area contributed by atoms with E-state index >= 15 is 0 Å². The van der Waals surface area contributed by atoms with Crippen LogP contribution in [0.1, 0.15) is 33.6 Å². The maximum Gasteiger partial charge on any atom is 0.335 e. The lowest BCUT2D eigenvalue weighted by Crippen LogP contribution is -2.46. The van der Waals surface area contributed by atoms with Crippen LogP contribution < -0.4 is 19.3 Å². The Hall–Kier alpha value is -4.47. The smallest absolute Gasteiger partial charge is 0.335 e. The number of fused-ring (bicyclic) bond motifs is 1. The minimum atomic E-state index is -0.198. The average molecular weight is 593 g/mol. The number of nitrogens with zero attached hydrogens (tertiary/aromatic N) is 6. The molecule has 2 amide bonds. The van der Waals surface area contributed by atoms with E-state index in [1.165, 1.54) is 5.56 Å². The Balaban J connectivity index is 1.32. The van der Waals surface area contributed by atoms with E-state index in [2.05, 4.69) is 41.1 Å². The summed E-state index contributed by atoms with van der Waals surface area (Å²) in [5, 5.41) is 0. The van der Waals surface area contributed by atoms with E-state index in [-0.39, 0.29) is 6.03 Å². The zero-order valence-electron chi connectivity index (χ0n) is 26.2. The van der Waals surface area contributed by atoms with E-state index < -0.39 is 0 Å².